The van der Waals surface area contributed by atoms with Gasteiger partial charge in [-0.2, -0.15) is 4.98 Å². The average molecular weight is 382 g/mol. The van der Waals surface area contributed by atoms with E-state index in [1.54, 1.807) is 0 Å². The Morgan fingerprint density at radius 2 is 2.07 bits per heavy atom. The summed E-state index contributed by atoms with van der Waals surface area (Å²) in [5, 5.41) is 5.19. The highest BCUT2D eigenvalue weighted by molar-refractivity contribution is 5.86. The maximum Gasteiger partial charge on any atom is 0.223 e. The van der Waals surface area contributed by atoms with Crippen molar-refractivity contribution in [2.75, 3.05) is 26.3 Å². The van der Waals surface area contributed by atoms with Crippen molar-refractivity contribution in [1.29, 1.82) is 0 Å². The first-order chi connectivity index (χ1) is 13.8. The van der Waals surface area contributed by atoms with E-state index in [1.807, 2.05) is 6.92 Å². The molecule has 7 heteroatoms. The van der Waals surface area contributed by atoms with E-state index in [9.17, 15) is 0 Å². The second-order valence-electron chi connectivity index (χ2n) is 7.75. The van der Waals surface area contributed by atoms with Crippen molar-refractivity contribution < 1.29 is 14.0 Å². The molecule has 2 aliphatic heterocycles. The Labute approximate surface area is 164 Å². The molecule has 2 saturated heterocycles. The number of rotatable bonds is 5. The molecule has 28 heavy (non-hydrogen) atoms. The lowest BCUT2D eigenvalue weighted by molar-refractivity contribution is 0.0960. The topological polar surface area (TPSA) is 65.6 Å². The maximum atomic E-state index is 6.43. The van der Waals surface area contributed by atoms with Crippen molar-refractivity contribution in [3.05, 3.63) is 42.2 Å². The van der Waals surface area contributed by atoms with E-state index in [-0.39, 0.29) is 6.10 Å². The minimum absolute atomic E-state index is 0.243. The number of hydrogen-bond donors (Lipinski definition) is 0. The number of piperidine rings is 1. The number of aromatic nitrogens is 3. The monoisotopic (exact) mass is 382 g/mol. The predicted octanol–water partition coefficient (Wildman–Crippen LogP) is 3.34. The van der Waals surface area contributed by atoms with Crippen LogP contribution in [0.4, 0.5) is 0 Å². The molecule has 0 bridgehead atoms. The van der Waals surface area contributed by atoms with Crippen molar-refractivity contribution in [2.24, 2.45) is 0 Å². The smallest absolute Gasteiger partial charge is 0.223 e. The first kappa shape index (κ1) is 17.7. The summed E-state index contributed by atoms with van der Waals surface area (Å²) in [6.07, 6.45) is 5.50. The van der Waals surface area contributed by atoms with Gasteiger partial charge in [0.2, 0.25) is 5.89 Å². The van der Waals surface area contributed by atoms with E-state index >= 15 is 0 Å². The lowest BCUT2D eigenvalue weighted by Gasteiger charge is -2.31. The van der Waals surface area contributed by atoms with Crippen molar-refractivity contribution in [1.82, 2.24) is 19.6 Å². The predicted molar refractivity (Wildman–Crippen MR) is 104 cm³/mol. The highest BCUT2D eigenvalue weighted by atomic mass is 16.5. The van der Waals surface area contributed by atoms with E-state index < -0.39 is 0 Å². The summed E-state index contributed by atoms with van der Waals surface area (Å²) >= 11 is 0. The largest absolute Gasteiger partial charge is 0.490 e. The number of benzene rings is 1. The number of likely N-dealkylation sites (tertiary alicyclic amines) is 1. The van der Waals surface area contributed by atoms with E-state index in [2.05, 4.69) is 50.1 Å². The molecular weight excluding hydrogens is 356 g/mol. The van der Waals surface area contributed by atoms with Gasteiger partial charge in [0.15, 0.2) is 5.82 Å². The Kier molecular flexibility index (Phi) is 4.78. The second-order valence-corrected chi connectivity index (χ2v) is 7.75. The van der Waals surface area contributed by atoms with Crippen LogP contribution in [-0.2, 0) is 11.3 Å². The Balaban J connectivity index is 1.24. The quantitative estimate of drug-likeness (QED) is 0.674. The van der Waals surface area contributed by atoms with Gasteiger partial charge in [-0.1, -0.05) is 11.2 Å². The highest BCUT2D eigenvalue weighted by Crippen LogP contribution is 2.32. The summed E-state index contributed by atoms with van der Waals surface area (Å²) in [6.45, 7) is 6.18. The minimum atomic E-state index is 0.243. The molecular formula is C21H26N4O3. The van der Waals surface area contributed by atoms with Crippen LogP contribution in [0.2, 0.25) is 0 Å². The van der Waals surface area contributed by atoms with Crippen LogP contribution < -0.4 is 4.74 Å². The molecule has 2 fully saturated rings. The zero-order valence-corrected chi connectivity index (χ0v) is 16.2. The summed E-state index contributed by atoms with van der Waals surface area (Å²) < 4.78 is 19.4. The van der Waals surface area contributed by atoms with Crippen LogP contribution in [0.5, 0.6) is 5.75 Å². The van der Waals surface area contributed by atoms with Crippen molar-refractivity contribution in [3.8, 4) is 5.75 Å². The SMILES string of the molecule is Cc1nc(CN2CCC(Oc3cccc4c3ccn4C3CCOC3)CC2)no1. The van der Waals surface area contributed by atoms with Crippen LogP contribution in [0.1, 0.15) is 37.0 Å². The molecule has 148 valence electrons. The molecule has 1 unspecified atom stereocenters. The summed E-state index contributed by atoms with van der Waals surface area (Å²) in [5.74, 6) is 2.37. The Morgan fingerprint density at radius 1 is 1.18 bits per heavy atom. The van der Waals surface area contributed by atoms with Gasteiger partial charge in [-0.15, -0.1) is 0 Å². The van der Waals surface area contributed by atoms with Crippen LogP contribution in [0, 0.1) is 6.92 Å². The summed E-state index contributed by atoms with van der Waals surface area (Å²) in [7, 11) is 0. The van der Waals surface area contributed by atoms with Gasteiger partial charge < -0.3 is 18.6 Å². The lowest BCUT2D eigenvalue weighted by atomic mass is 10.1. The third-order valence-corrected chi connectivity index (χ3v) is 5.79. The van der Waals surface area contributed by atoms with Crippen molar-refractivity contribution in [3.63, 3.8) is 0 Å². The van der Waals surface area contributed by atoms with Gasteiger partial charge in [0, 0.05) is 38.2 Å². The van der Waals surface area contributed by atoms with E-state index in [4.69, 9.17) is 14.0 Å². The van der Waals surface area contributed by atoms with Gasteiger partial charge >= 0.3 is 0 Å². The fourth-order valence-corrected chi connectivity index (χ4v) is 4.29. The molecule has 2 aliphatic rings. The molecule has 4 heterocycles. The molecule has 0 amide bonds. The number of fused-ring (bicyclic) bond motifs is 1. The molecule has 2 aromatic heterocycles. The lowest BCUT2D eigenvalue weighted by Crippen LogP contribution is -2.38. The van der Waals surface area contributed by atoms with E-state index in [0.29, 0.717) is 11.9 Å². The van der Waals surface area contributed by atoms with Crippen LogP contribution in [0.15, 0.2) is 35.0 Å². The third-order valence-electron chi connectivity index (χ3n) is 5.79. The normalized spacial score (nSPS) is 21.5. The van der Waals surface area contributed by atoms with Gasteiger partial charge in [-0.05, 0) is 37.5 Å². The van der Waals surface area contributed by atoms with Gasteiger partial charge in [-0.25, -0.2) is 0 Å². The van der Waals surface area contributed by atoms with Crippen molar-refractivity contribution >= 4 is 10.9 Å². The maximum absolute atomic E-state index is 6.43. The highest BCUT2D eigenvalue weighted by Gasteiger charge is 2.24. The van der Waals surface area contributed by atoms with Gasteiger partial charge in [0.05, 0.1) is 24.7 Å². The number of nitrogens with zero attached hydrogens (tertiary/aromatic N) is 4. The van der Waals surface area contributed by atoms with Crippen LogP contribution >= 0.6 is 0 Å². The van der Waals surface area contributed by atoms with Crippen molar-refractivity contribution in [2.45, 2.75) is 44.9 Å². The first-order valence-corrected chi connectivity index (χ1v) is 10.1. The summed E-state index contributed by atoms with van der Waals surface area (Å²) in [4.78, 5) is 6.66. The molecule has 3 aromatic rings. The number of hydrogen-bond acceptors (Lipinski definition) is 6. The van der Waals surface area contributed by atoms with Gasteiger partial charge in [-0.3, -0.25) is 4.90 Å². The van der Waals surface area contributed by atoms with Crippen LogP contribution in [0.3, 0.4) is 0 Å². The third kappa shape index (κ3) is 3.52. The van der Waals surface area contributed by atoms with E-state index in [0.717, 1.165) is 63.7 Å². The Hall–Kier alpha value is -2.38. The molecule has 5 rings (SSSR count). The molecule has 0 saturated carbocycles. The summed E-state index contributed by atoms with van der Waals surface area (Å²) in [6, 6.07) is 8.97. The molecule has 0 spiro atoms. The Morgan fingerprint density at radius 3 is 2.82 bits per heavy atom. The van der Waals surface area contributed by atoms with Gasteiger partial charge in [0.1, 0.15) is 11.9 Å². The zero-order chi connectivity index (χ0) is 18.9. The minimum Gasteiger partial charge on any atom is -0.490 e. The van der Waals surface area contributed by atoms with Crippen LogP contribution in [-0.4, -0.2) is 52.0 Å². The zero-order valence-electron chi connectivity index (χ0n) is 16.2. The fraction of sp³-hybridized carbons (Fsp3) is 0.524. The average Bonchev–Trinajstić information content (AvgIpc) is 3.44. The fourth-order valence-electron chi connectivity index (χ4n) is 4.29. The van der Waals surface area contributed by atoms with Crippen LogP contribution in [0.25, 0.3) is 10.9 Å². The molecule has 1 aromatic carbocycles. The molecule has 7 nitrogen and oxygen atoms in total. The summed E-state index contributed by atoms with van der Waals surface area (Å²) in [5.41, 5.74) is 1.23. The second kappa shape index (κ2) is 7.56. The first-order valence-electron chi connectivity index (χ1n) is 10.1. The molecule has 0 radical (unpaired) electrons. The molecule has 1 atom stereocenters. The number of ether oxygens (including phenoxy) is 2. The Bertz CT molecular complexity index is 936. The number of aryl methyl sites for hydroxylation is 1. The molecule has 0 N–H and O–H groups in total. The standard InChI is InChI=1S/C21H26N4O3/c1-15-22-21(23-28-15)13-24-9-5-17(6-10-24)27-20-4-2-3-19-18(20)7-11-25(19)16-8-12-26-14-16/h2-4,7,11,16-17H,5-6,8-10,12-14H2,1H3. The van der Waals surface area contributed by atoms with E-state index in [1.165, 1.54) is 10.9 Å². The van der Waals surface area contributed by atoms with Gasteiger partial charge in [0.25, 0.3) is 0 Å². The molecule has 0 aliphatic carbocycles.